The van der Waals surface area contributed by atoms with Gasteiger partial charge in [0.25, 0.3) is 0 Å². The minimum atomic E-state index is -0.440. The topological polar surface area (TPSA) is 88.9 Å². The van der Waals surface area contributed by atoms with E-state index in [1.807, 2.05) is 4.57 Å². The van der Waals surface area contributed by atoms with E-state index in [-0.39, 0.29) is 17.7 Å². The fraction of sp³-hybridized carbons (Fsp3) is 0.500. The van der Waals surface area contributed by atoms with Crippen LogP contribution in [0.2, 0.25) is 10.0 Å². The highest BCUT2D eigenvalue weighted by molar-refractivity contribution is 7.99. The summed E-state index contributed by atoms with van der Waals surface area (Å²) in [6, 6.07) is 4.94. The van der Waals surface area contributed by atoms with E-state index in [1.54, 1.807) is 18.2 Å². The molecule has 1 heterocycles. The number of carbonyl (C=O) groups is 2. The van der Waals surface area contributed by atoms with Crippen molar-refractivity contribution in [2.45, 2.75) is 57.3 Å². The fourth-order valence-electron chi connectivity index (χ4n) is 3.38. The molecule has 0 bridgehead atoms. The molecule has 0 aliphatic heterocycles. The third kappa shape index (κ3) is 6.12. The Kier molecular flexibility index (Phi) is 8.02. The van der Waals surface area contributed by atoms with E-state index in [0.29, 0.717) is 33.5 Å². The molecule has 3 amide bonds. The SMILES string of the molecule is CC(C)Cn1c(SCC(=O)NC(=O)NC2CCCC2)nnc1-c1ccc(Cl)cc1Cl. The Labute approximate surface area is 190 Å². The van der Waals surface area contributed by atoms with E-state index in [2.05, 4.69) is 34.7 Å². The molecule has 1 fully saturated rings. The maximum atomic E-state index is 12.2. The van der Waals surface area contributed by atoms with Gasteiger partial charge in [-0.3, -0.25) is 10.1 Å². The highest BCUT2D eigenvalue weighted by Crippen LogP contribution is 2.32. The standard InChI is InChI=1S/C20H25Cl2N5O2S/c1-12(2)10-27-18(15-8-7-13(21)9-16(15)22)25-26-20(27)30-11-17(28)24-19(29)23-14-5-3-4-6-14/h7-9,12,14H,3-6,10-11H2,1-2H3,(H2,23,24,28,29). The number of imide groups is 1. The van der Waals surface area contributed by atoms with Crippen molar-refractivity contribution in [3.05, 3.63) is 28.2 Å². The molecule has 1 saturated carbocycles. The molecule has 0 atom stereocenters. The van der Waals surface area contributed by atoms with Crippen molar-refractivity contribution in [3.8, 4) is 11.4 Å². The normalized spacial score (nSPS) is 14.3. The molecule has 2 N–H and O–H groups in total. The molecule has 30 heavy (non-hydrogen) atoms. The summed E-state index contributed by atoms with van der Waals surface area (Å²) in [5.41, 5.74) is 0.724. The number of nitrogens with zero attached hydrogens (tertiary/aromatic N) is 3. The van der Waals surface area contributed by atoms with Crippen LogP contribution in [0.4, 0.5) is 4.79 Å². The van der Waals surface area contributed by atoms with E-state index in [4.69, 9.17) is 23.2 Å². The summed E-state index contributed by atoms with van der Waals surface area (Å²) < 4.78 is 1.94. The Balaban J connectivity index is 1.67. The Bertz CT molecular complexity index is 913. The van der Waals surface area contributed by atoms with Gasteiger partial charge in [-0.25, -0.2) is 4.79 Å². The van der Waals surface area contributed by atoms with E-state index < -0.39 is 6.03 Å². The van der Waals surface area contributed by atoms with Gasteiger partial charge in [-0.2, -0.15) is 0 Å². The monoisotopic (exact) mass is 469 g/mol. The number of aromatic nitrogens is 3. The van der Waals surface area contributed by atoms with Crippen LogP contribution in [-0.2, 0) is 11.3 Å². The lowest BCUT2D eigenvalue weighted by molar-refractivity contribution is -0.117. The number of rotatable bonds is 7. The van der Waals surface area contributed by atoms with E-state index in [9.17, 15) is 9.59 Å². The van der Waals surface area contributed by atoms with Crippen molar-refractivity contribution in [2.24, 2.45) is 5.92 Å². The van der Waals surface area contributed by atoms with Gasteiger partial charge in [0.05, 0.1) is 10.8 Å². The van der Waals surface area contributed by atoms with Gasteiger partial charge in [0.15, 0.2) is 11.0 Å². The number of hydrogen-bond donors (Lipinski definition) is 2. The number of carbonyl (C=O) groups excluding carboxylic acids is 2. The highest BCUT2D eigenvalue weighted by atomic mass is 35.5. The molecule has 0 saturated heterocycles. The zero-order valence-electron chi connectivity index (χ0n) is 17.0. The average molecular weight is 470 g/mol. The van der Waals surface area contributed by atoms with E-state index in [1.165, 1.54) is 11.8 Å². The number of amides is 3. The molecule has 1 aliphatic rings. The van der Waals surface area contributed by atoms with Gasteiger partial charge in [-0.05, 0) is 37.0 Å². The molecule has 0 unspecified atom stereocenters. The second kappa shape index (κ2) is 10.5. The maximum Gasteiger partial charge on any atom is 0.321 e. The smallest absolute Gasteiger partial charge is 0.321 e. The number of benzene rings is 1. The quantitative estimate of drug-likeness (QED) is 0.570. The van der Waals surface area contributed by atoms with Crippen molar-refractivity contribution >= 4 is 46.9 Å². The van der Waals surface area contributed by atoms with Gasteiger partial charge in [0.2, 0.25) is 5.91 Å². The third-order valence-electron chi connectivity index (χ3n) is 4.71. The third-order valence-corrected chi connectivity index (χ3v) is 6.23. The molecule has 3 rings (SSSR count). The lowest BCUT2D eigenvalue weighted by atomic mass is 10.2. The fourth-order valence-corrected chi connectivity index (χ4v) is 4.62. The molecule has 1 aromatic carbocycles. The Morgan fingerprint density at radius 2 is 1.97 bits per heavy atom. The summed E-state index contributed by atoms with van der Waals surface area (Å²) in [4.78, 5) is 24.2. The van der Waals surface area contributed by atoms with E-state index >= 15 is 0 Å². The second-order valence-electron chi connectivity index (χ2n) is 7.73. The summed E-state index contributed by atoms with van der Waals surface area (Å²) in [6.07, 6.45) is 4.15. The van der Waals surface area contributed by atoms with Crippen molar-refractivity contribution in [2.75, 3.05) is 5.75 Å². The Morgan fingerprint density at radius 3 is 2.63 bits per heavy atom. The maximum absolute atomic E-state index is 12.2. The van der Waals surface area contributed by atoms with Crippen LogP contribution in [0.25, 0.3) is 11.4 Å². The molecule has 0 spiro atoms. The van der Waals surface area contributed by atoms with E-state index in [0.717, 1.165) is 31.2 Å². The van der Waals surface area contributed by atoms with Crippen LogP contribution < -0.4 is 10.6 Å². The molecule has 10 heteroatoms. The molecule has 0 radical (unpaired) electrons. The highest BCUT2D eigenvalue weighted by Gasteiger charge is 2.21. The first-order chi connectivity index (χ1) is 14.3. The van der Waals surface area contributed by atoms with Gasteiger partial charge in [0, 0.05) is 23.2 Å². The number of nitrogens with one attached hydrogen (secondary N) is 2. The lowest BCUT2D eigenvalue weighted by Crippen LogP contribution is -2.44. The Morgan fingerprint density at radius 1 is 1.23 bits per heavy atom. The summed E-state index contributed by atoms with van der Waals surface area (Å²) in [7, 11) is 0. The number of hydrogen-bond acceptors (Lipinski definition) is 5. The molecular weight excluding hydrogens is 445 g/mol. The van der Waals surface area contributed by atoms with Crippen molar-refractivity contribution in [3.63, 3.8) is 0 Å². The average Bonchev–Trinajstić information content (AvgIpc) is 3.30. The lowest BCUT2D eigenvalue weighted by Gasteiger charge is -2.14. The van der Waals surface area contributed by atoms with Crippen molar-refractivity contribution in [1.29, 1.82) is 0 Å². The predicted octanol–water partition coefficient (Wildman–Crippen LogP) is 4.77. The minimum absolute atomic E-state index is 0.0582. The predicted molar refractivity (Wildman–Crippen MR) is 120 cm³/mol. The summed E-state index contributed by atoms with van der Waals surface area (Å²) in [5.74, 6) is 0.631. The van der Waals surface area contributed by atoms with Gasteiger partial charge >= 0.3 is 6.03 Å². The van der Waals surface area contributed by atoms with Gasteiger partial charge in [0.1, 0.15) is 0 Å². The first-order valence-electron chi connectivity index (χ1n) is 9.95. The number of halogens is 2. The van der Waals surface area contributed by atoms with Crippen LogP contribution in [0.15, 0.2) is 23.4 Å². The largest absolute Gasteiger partial charge is 0.335 e. The first kappa shape index (κ1) is 22.9. The van der Waals surface area contributed by atoms with Crippen LogP contribution >= 0.6 is 35.0 Å². The Hall–Kier alpha value is -1.77. The molecule has 1 aromatic heterocycles. The number of thioether (sulfide) groups is 1. The molecule has 7 nitrogen and oxygen atoms in total. The molecule has 162 valence electrons. The van der Waals surface area contributed by atoms with Crippen LogP contribution in [0.3, 0.4) is 0 Å². The van der Waals surface area contributed by atoms with Crippen molar-refractivity contribution < 1.29 is 9.59 Å². The zero-order chi connectivity index (χ0) is 21.7. The summed E-state index contributed by atoms with van der Waals surface area (Å²) in [5, 5.41) is 15.4. The number of urea groups is 1. The zero-order valence-corrected chi connectivity index (χ0v) is 19.3. The second-order valence-corrected chi connectivity index (χ2v) is 9.51. The van der Waals surface area contributed by atoms with Gasteiger partial charge in [-0.1, -0.05) is 61.7 Å². The first-order valence-corrected chi connectivity index (χ1v) is 11.7. The molecular formula is C20H25Cl2N5O2S. The van der Waals surface area contributed by atoms with Crippen LogP contribution in [0.1, 0.15) is 39.5 Å². The van der Waals surface area contributed by atoms with Crippen LogP contribution in [0, 0.1) is 5.92 Å². The minimum Gasteiger partial charge on any atom is -0.335 e. The van der Waals surface area contributed by atoms with Gasteiger partial charge in [-0.15, -0.1) is 10.2 Å². The molecule has 1 aliphatic carbocycles. The van der Waals surface area contributed by atoms with Gasteiger partial charge < -0.3 is 9.88 Å². The molecule has 2 aromatic rings. The summed E-state index contributed by atoms with van der Waals surface area (Å²) in [6.45, 7) is 4.83. The van der Waals surface area contributed by atoms with Crippen molar-refractivity contribution in [1.82, 2.24) is 25.4 Å². The van der Waals surface area contributed by atoms with Crippen LogP contribution in [-0.4, -0.2) is 38.5 Å². The summed E-state index contributed by atoms with van der Waals surface area (Å²) >= 11 is 13.6. The van der Waals surface area contributed by atoms with Crippen LogP contribution in [0.5, 0.6) is 0 Å².